The Kier molecular flexibility index (Phi) is 5.33. The van der Waals surface area contributed by atoms with Crippen LogP contribution in [0.4, 0.5) is 10.6 Å². The lowest BCUT2D eigenvalue weighted by Gasteiger charge is -2.34. The molecule has 0 bridgehead atoms. The minimum atomic E-state index is -0.238. The van der Waals surface area contributed by atoms with Gasteiger partial charge < -0.3 is 4.74 Å². The van der Waals surface area contributed by atoms with E-state index in [0.717, 1.165) is 66.2 Å². The van der Waals surface area contributed by atoms with E-state index in [-0.39, 0.29) is 11.4 Å². The van der Waals surface area contributed by atoms with Crippen LogP contribution in [0.5, 0.6) is 11.6 Å². The number of rotatable bonds is 5. The number of ether oxygens (including phenoxy) is 1. The van der Waals surface area contributed by atoms with Gasteiger partial charge in [0.25, 0.3) is 0 Å². The molecule has 38 heavy (non-hydrogen) atoms. The minimum absolute atomic E-state index is 0.0729. The standard InChI is InChI=1S/C29H33N7O2/c1-18-12-22-23(16-34(18)15-19-4-5-19)30-17-31-27(22)38-21-6-7-24-20(13-21)8-10-35(24)28(37)32-26-14-25-29(2,3)9-11-36(25)33-26/h6-8,10,13-14,17-19H,4-5,9,11-12,15-16H2,1-3H3,(H,32,33,37). The van der Waals surface area contributed by atoms with Crippen molar-refractivity contribution in [2.24, 2.45) is 5.92 Å². The van der Waals surface area contributed by atoms with Gasteiger partial charge in [-0.2, -0.15) is 5.10 Å². The Balaban J connectivity index is 1.09. The summed E-state index contributed by atoms with van der Waals surface area (Å²) in [4.78, 5) is 24.7. The molecule has 7 rings (SSSR count). The van der Waals surface area contributed by atoms with Gasteiger partial charge in [-0.15, -0.1) is 0 Å². The number of amides is 1. The zero-order valence-electron chi connectivity index (χ0n) is 22.1. The van der Waals surface area contributed by atoms with Gasteiger partial charge in [0.1, 0.15) is 12.1 Å². The summed E-state index contributed by atoms with van der Waals surface area (Å²) >= 11 is 0. The molecule has 1 fully saturated rings. The number of carbonyl (C=O) groups excluding carboxylic acids is 1. The third kappa shape index (κ3) is 4.15. The van der Waals surface area contributed by atoms with Crippen LogP contribution in [0, 0.1) is 5.92 Å². The van der Waals surface area contributed by atoms with Gasteiger partial charge in [0.2, 0.25) is 5.88 Å². The highest BCUT2D eigenvalue weighted by Crippen LogP contribution is 2.37. The zero-order valence-corrected chi connectivity index (χ0v) is 22.1. The Labute approximate surface area is 221 Å². The normalized spacial score (nSPS) is 20.3. The van der Waals surface area contributed by atoms with E-state index in [2.05, 4.69) is 46.1 Å². The van der Waals surface area contributed by atoms with Crippen LogP contribution in [0.2, 0.25) is 0 Å². The molecule has 1 N–H and O–H groups in total. The number of aromatic nitrogens is 5. The maximum absolute atomic E-state index is 13.1. The Morgan fingerprint density at radius 2 is 2.05 bits per heavy atom. The molecule has 1 aliphatic carbocycles. The molecule has 5 heterocycles. The second-order valence-corrected chi connectivity index (χ2v) is 11.7. The van der Waals surface area contributed by atoms with Crippen LogP contribution >= 0.6 is 0 Å². The predicted octanol–water partition coefficient (Wildman–Crippen LogP) is 5.34. The van der Waals surface area contributed by atoms with Crippen LogP contribution in [0.25, 0.3) is 10.9 Å². The van der Waals surface area contributed by atoms with Crippen molar-refractivity contribution in [3.05, 3.63) is 59.8 Å². The average Bonchev–Trinajstić information content (AvgIpc) is 3.33. The summed E-state index contributed by atoms with van der Waals surface area (Å²) in [6.07, 6.45) is 8.02. The van der Waals surface area contributed by atoms with Gasteiger partial charge in [0.15, 0.2) is 5.82 Å². The number of aryl methyl sites for hydroxylation is 1. The third-order valence-electron chi connectivity index (χ3n) is 8.41. The molecule has 3 aliphatic rings. The van der Waals surface area contributed by atoms with Crippen molar-refractivity contribution in [3.63, 3.8) is 0 Å². The molecule has 0 radical (unpaired) electrons. The first kappa shape index (κ1) is 23.4. The molecule has 196 valence electrons. The number of carbonyl (C=O) groups is 1. The number of fused-ring (bicyclic) bond motifs is 3. The summed E-state index contributed by atoms with van der Waals surface area (Å²) in [6, 6.07) is 9.86. The van der Waals surface area contributed by atoms with Gasteiger partial charge in [-0.3, -0.25) is 19.5 Å². The van der Waals surface area contributed by atoms with Crippen molar-refractivity contribution in [1.29, 1.82) is 0 Å². The molecule has 0 saturated heterocycles. The first-order chi connectivity index (χ1) is 18.3. The van der Waals surface area contributed by atoms with E-state index >= 15 is 0 Å². The number of nitrogens with one attached hydrogen (secondary N) is 1. The molecular weight excluding hydrogens is 478 g/mol. The quantitative estimate of drug-likeness (QED) is 0.389. The largest absolute Gasteiger partial charge is 0.439 e. The molecule has 2 aliphatic heterocycles. The summed E-state index contributed by atoms with van der Waals surface area (Å²) in [5.74, 6) is 2.75. The number of benzene rings is 1. The lowest BCUT2D eigenvalue weighted by atomic mass is 9.89. The number of nitrogens with zero attached hydrogens (tertiary/aromatic N) is 6. The van der Waals surface area contributed by atoms with Gasteiger partial charge in [-0.05, 0) is 62.8 Å². The van der Waals surface area contributed by atoms with E-state index in [1.807, 2.05) is 35.0 Å². The minimum Gasteiger partial charge on any atom is -0.439 e. The monoisotopic (exact) mass is 511 g/mol. The van der Waals surface area contributed by atoms with Gasteiger partial charge in [0, 0.05) is 60.0 Å². The molecule has 9 nitrogen and oxygen atoms in total. The molecule has 3 aromatic heterocycles. The Morgan fingerprint density at radius 3 is 2.87 bits per heavy atom. The highest BCUT2D eigenvalue weighted by Gasteiger charge is 2.33. The predicted molar refractivity (Wildman–Crippen MR) is 145 cm³/mol. The fraction of sp³-hybridized carbons (Fsp3) is 0.448. The summed E-state index contributed by atoms with van der Waals surface area (Å²) in [5, 5.41) is 8.45. The van der Waals surface area contributed by atoms with E-state index < -0.39 is 0 Å². The van der Waals surface area contributed by atoms with E-state index in [9.17, 15) is 4.79 Å². The van der Waals surface area contributed by atoms with Gasteiger partial charge in [0.05, 0.1) is 11.2 Å². The summed E-state index contributed by atoms with van der Waals surface area (Å²) in [5.41, 5.74) is 4.19. The summed E-state index contributed by atoms with van der Waals surface area (Å²) in [7, 11) is 0. The topological polar surface area (TPSA) is 90.1 Å². The number of hydrogen-bond donors (Lipinski definition) is 1. The van der Waals surface area contributed by atoms with Crippen molar-refractivity contribution in [2.75, 3.05) is 11.9 Å². The van der Waals surface area contributed by atoms with E-state index in [0.29, 0.717) is 23.5 Å². The van der Waals surface area contributed by atoms with Crippen LogP contribution in [0.1, 0.15) is 57.0 Å². The summed E-state index contributed by atoms with van der Waals surface area (Å²) in [6.45, 7) is 9.57. The Hall–Kier alpha value is -3.72. The molecule has 0 spiro atoms. The van der Waals surface area contributed by atoms with Crippen molar-refractivity contribution >= 4 is 22.8 Å². The lowest BCUT2D eigenvalue weighted by Crippen LogP contribution is -2.40. The van der Waals surface area contributed by atoms with Crippen LogP contribution in [0.3, 0.4) is 0 Å². The molecule has 1 amide bonds. The van der Waals surface area contributed by atoms with Gasteiger partial charge in [-0.25, -0.2) is 14.8 Å². The highest BCUT2D eigenvalue weighted by molar-refractivity contribution is 5.98. The molecule has 1 saturated carbocycles. The van der Waals surface area contributed by atoms with Crippen molar-refractivity contribution in [3.8, 4) is 11.6 Å². The first-order valence-corrected chi connectivity index (χ1v) is 13.6. The zero-order chi connectivity index (χ0) is 26.0. The van der Waals surface area contributed by atoms with Crippen LogP contribution in [0.15, 0.2) is 42.9 Å². The smallest absolute Gasteiger partial charge is 0.331 e. The van der Waals surface area contributed by atoms with E-state index in [4.69, 9.17) is 4.74 Å². The maximum atomic E-state index is 13.1. The average molecular weight is 512 g/mol. The summed E-state index contributed by atoms with van der Waals surface area (Å²) < 4.78 is 9.89. The molecule has 1 atom stereocenters. The maximum Gasteiger partial charge on any atom is 0.331 e. The van der Waals surface area contributed by atoms with E-state index in [1.54, 1.807) is 17.1 Å². The number of anilines is 1. The molecule has 4 aromatic rings. The third-order valence-corrected chi connectivity index (χ3v) is 8.41. The van der Waals surface area contributed by atoms with Crippen LogP contribution in [-0.4, -0.2) is 47.8 Å². The van der Waals surface area contributed by atoms with Crippen LogP contribution < -0.4 is 10.1 Å². The molecular formula is C29H33N7O2. The van der Waals surface area contributed by atoms with Gasteiger partial charge in [-0.1, -0.05) is 13.8 Å². The molecule has 1 unspecified atom stereocenters. The van der Waals surface area contributed by atoms with Crippen molar-refractivity contribution in [1.82, 2.24) is 29.2 Å². The fourth-order valence-electron chi connectivity index (χ4n) is 5.86. The molecule has 9 heteroatoms. The SMILES string of the molecule is CC1Cc2c(ncnc2Oc2ccc3c(ccn3C(=O)Nc3cc4n(n3)CCC4(C)C)c2)CN1CC1CC1. The molecule has 1 aromatic carbocycles. The van der Waals surface area contributed by atoms with Crippen LogP contribution in [-0.2, 0) is 24.9 Å². The van der Waals surface area contributed by atoms with Crippen molar-refractivity contribution < 1.29 is 9.53 Å². The van der Waals surface area contributed by atoms with Crippen molar-refractivity contribution in [2.45, 2.75) is 71.0 Å². The van der Waals surface area contributed by atoms with E-state index in [1.165, 1.54) is 12.8 Å². The Morgan fingerprint density at radius 1 is 1.18 bits per heavy atom. The fourth-order valence-corrected chi connectivity index (χ4v) is 5.86. The second-order valence-electron chi connectivity index (χ2n) is 11.7. The Bertz CT molecular complexity index is 1550. The number of hydrogen-bond acceptors (Lipinski definition) is 6. The van der Waals surface area contributed by atoms with Gasteiger partial charge >= 0.3 is 6.03 Å². The highest BCUT2D eigenvalue weighted by atomic mass is 16.5. The first-order valence-electron chi connectivity index (χ1n) is 13.6. The second kappa shape index (κ2) is 8.66. The lowest BCUT2D eigenvalue weighted by molar-refractivity contribution is 0.171.